The first-order valence-corrected chi connectivity index (χ1v) is 1.43. The third-order valence-electron chi connectivity index (χ3n) is 0.281. The van der Waals surface area contributed by atoms with Crippen molar-refractivity contribution in [3.05, 3.63) is 5.21 Å². The normalized spacial score (nSPS) is 10.0. The summed E-state index contributed by atoms with van der Waals surface area (Å²) in [5.74, 6) is 4.44. The quantitative estimate of drug-likeness (QED) is 0.294. The van der Waals surface area contributed by atoms with Crippen molar-refractivity contribution < 1.29 is 4.84 Å². The van der Waals surface area contributed by atoms with Crippen LogP contribution < -0.4 is 5.84 Å². The third kappa shape index (κ3) is 2.94. The summed E-state index contributed by atoms with van der Waals surface area (Å²) in [4.78, 5) is 3.93. The van der Waals surface area contributed by atoms with Crippen LogP contribution in [0.2, 0.25) is 0 Å². The average molecular weight is 105 g/mol. The number of hydrogen-bond donors (Lipinski definition) is 1. The minimum absolute atomic E-state index is 0.111. The molecule has 0 saturated heterocycles. The minimum Gasteiger partial charge on any atom is -0.715 e. The number of rotatable bonds is 2. The fraction of sp³-hybridized carbons (Fsp3) is 1.00. The Morgan fingerprint density at radius 1 is 1.86 bits per heavy atom. The predicted molar refractivity (Wildman–Crippen MR) is 21.3 cm³/mol. The predicted octanol–water partition coefficient (Wildman–Crippen LogP) is -0.411. The summed E-state index contributed by atoms with van der Waals surface area (Å²) >= 11 is 0. The maximum Gasteiger partial charge on any atom is 0.0648 e. The van der Waals surface area contributed by atoms with Crippen LogP contribution in [0, 0.1) is 5.21 Å². The molecule has 7 heavy (non-hydrogen) atoms. The van der Waals surface area contributed by atoms with Crippen LogP contribution >= 0.6 is 0 Å². The van der Waals surface area contributed by atoms with E-state index in [-0.39, 0.29) is 5.34 Å². The van der Waals surface area contributed by atoms with Gasteiger partial charge in [-0.2, -0.15) is 0 Å². The van der Waals surface area contributed by atoms with E-state index in [0.717, 1.165) is 7.11 Å². The largest absolute Gasteiger partial charge is 0.715 e. The third-order valence-corrected chi connectivity index (χ3v) is 0.281. The van der Waals surface area contributed by atoms with Gasteiger partial charge in [0.05, 0.1) is 7.11 Å². The Bertz CT molecular complexity index is 62.7. The van der Waals surface area contributed by atoms with Gasteiger partial charge in [0.2, 0.25) is 0 Å². The summed E-state index contributed by atoms with van der Waals surface area (Å²) < 4.78 is 0. The van der Waals surface area contributed by atoms with Crippen molar-refractivity contribution in [3.63, 3.8) is 0 Å². The van der Waals surface area contributed by atoms with Gasteiger partial charge in [-0.3, -0.25) is 4.84 Å². The molecule has 2 N–H and O–H groups in total. The second-order valence-electron chi connectivity index (χ2n) is 0.625. The molecular weight excluding hydrogens is 100 g/mol. The lowest BCUT2D eigenvalue weighted by Crippen LogP contribution is -2.04. The molecule has 6 heteroatoms. The van der Waals surface area contributed by atoms with E-state index in [1.54, 1.807) is 0 Å². The topological polar surface area (TPSA) is 86.3 Å². The Hall–Kier alpha value is -0.880. The van der Waals surface area contributed by atoms with E-state index in [9.17, 15) is 5.21 Å². The Kier molecular flexibility index (Phi) is 2.90. The molecule has 0 heterocycles. The van der Waals surface area contributed by atoms with E-state index in [1.807, 2.05) is 0 Å². The molecule has 0 saturated carbocycles. The van der Waals surface area contributed by atoms with Crippen molar-refractivity contribution in [3.8, 4) is 0 Å². The summed E-state index contributed by atoms with van der Waals surface area (Å²) in [6.45, 7) is 0. The highest BCUT2D eigenvalue weighted by Crippen LogP contribution is 1.80. The highest BCUT2D eigenvalue weighted by molar-refractivity contribution is 4.20. The average Bonchev–Trinajstić information content (AvgIpc) is 1.68. The molecule has 0 aliphatic carbocycles. The zero-order chi connectivity index (χ0) is 5.70. The molecule has 0 aromatic carbocycles. The maximum absolute atomic E-state index is 9.77. The Balaban J connectivity index is 3.16. The molecule has 42 valence electrons. The molecule has 0 aromatic rings. The maximum atomic E-state index is 9.77. The van der Waals surface area contributed by atoms with Gasteiger partial charge in [-0.15, -0.1) is 0 Å². The number of hydrogen-bond acceptors (Lipinski definition) is 4. The van der Waals surface area contributed by atoms with Crippen molar-refractivity contribution >= 4 is 0 Å². The van der Waals surface area contributed by atoms with Crippen molar-refractivity contribution in [1.29, 1.82) is 0 Å². The fourth-order valence-electron chi connectivity index (χ4n) is 0.0787. The monoisotopic (exact) mass is 105 g/mol. The van der Waals surface area contributed by atoms with Crippen molar-refractivity contribution in [1.82, 2.24) is 5.34 Å². The Morgan fingerprint density at radius 2 is 2.43 bits per heavy atom. The van der Waals surface area contributed by atoms with E-state index < -0.39 is 0 Å². The van der Waals surface area contributed by atoms with Gasteiger partial charge in [0, 0.05) is 0 Å². The van der Waals surface area contributed by atoms with E-state index in [4.69, 9.17) is 0 Å². The summed E-state index contributed by atoms with van der Waals surface area (Å²) in [5.41, 5.74) is 0. The second-order valence-corrected chi connectivity index (χ2v) is 0.625. The van der Waals surface area contributed by atoms with Crippen LogP contribution in [0.1, 0.15) is 0 Å². The first-order chi connectivity index (χ1) is 3.31. The van der Waals surface area contributed by atoms with Crippen LogP contribution in [0.15, 0.2) is 10.4 Å². The molecule has 6 nitrogen and oxygen atoms in total. The molecule has 0 aromatic heterocycles. The molecule has 0 rings (SSSR count). The smallest absolute Gasteiger partial charge is 0.0648 e. The molecule has 0 amide bonds. The van der Waals surface area contributed by atoms with Crippen molar-refractivity contribution in [2.24, 2.45) is 16.3 Å². The van der Waals surface area contributed by atoms with Crippen LogP contribution in [-0.4, -0.2) is 12.4 Å². The van der Waals surface area contributed by atoms with Crippen molar-refractivity contribution in [2.45, 2.75) is 0 Å². The number of nitrogens with zero attached hydrogens (tertiary/aromatic N) is 3. The molecule has 0 aliphatic heterocycles. The second kappa shape index (κ2) is 3.32. The van der Waals surface area contributed by atoms with Gasteiger partial charge in [-0.25, -0.2) is 5.34 Å². The van der Waals surface area contributed by atoms with Crippen LogP contribution in [-0.2, 0) is 4.84 Å². The van der Waals surface area contributed by atoms with Gasteiger partial charge in [-0.05, 0) is 5.22 Å². The number of nitrogens with two attached hydrogens (primary N) is 1. The molecule has 0 radical (unpaired) electrons. The van der Waals surface area contributed by atoms with Gasteiger partial charge in [0.15, 0.2) is 0 Å². The lowest BCUT2D eigenvalue weighted by molar-refractivity contribution is -0.0939. The highest BCUT2D eigenvalue weighted by Gasteiger charge is 1.70. The first kappa shape index (κ1) is 6.12. The van der Waals surface area contributed by atoms with Crippen LogP contribution in [0.25, 0.3) is 0 Å². The SMILES string of the molecule is CON([O-])/N=N/N. The van der Waals surface area contributed by atoms with Gasteiger partial charge in [0.1, 0.15) is 0 Å². The van der Waals surface area contributed by atoms with Crippen LogP contribution in [0.4, 0.5) is 0 Å². The lowest BCUT2D eigenvalue weighted by atomic mass is 11.7. The van der Waals surface area contributed by atoms with E-state index in [2.05, 4.69) is 21.1 Å². The fourth-order valence-corrected chi connectivity index (χ4v) is 0.0787. The standard InChI is InChI=1S/CH5N4O2/c1-7-5(6)4-3-2/h1H3,(H2,2,4)/q-1. The molecule has 0 aliphatic rings. The highest BCUT2D eigenvalue weighted by atomic mass is 16.9. The first-order valence-electron chi connectivity index (χ1n) is 1.43. The summed E-state index contributed by atoms with van der Waals surface area (Å²) in [5, 5.41) is 15.0. The summed E-state index contributed by atoms with van der Waals surface area (Å²) in [7, 11) is 1.15. The van der Waals surface area contributed by atoms with E-state index in [1.165, 1.54) is 0 Å². The van der Waals surface area contributed by atoms with Crippen molar-refractivity contribution in [2.75, 3.05) is 7.11 Å². The molecule has 0 atom stereocenters. The Labute approximate surface area is 40.0 Å². The van der Waals surface area contributed by atoms with Gasteiger partial charge < -0.3 is 11.0 Å². The minimum atomic E-state index is -0.111. The van der Waals surface area contributed by atoms with Crippen LogP contribution in [0.3, 0.4) is 0 Å². The van der Waals surface area contributed by atoms with Crippen LogP contribution in [0.5, 0.6) is 0 Å². The molecule has 0 unspecified atom stereocenters. The summed E-state index contributed by atoms with van der Waals surface area (Å²) in [6, 6.07) is 0. The zero-order valence-electron chi connectivity index (χ0n) is 3.74. The molecule has 0 spiro atoms. The zero-order valence-corrected chi connectivity index (χ0v) is 3.74. The Morgan fingerprint density at radius 3 is 2.57 bits per heavy atom. The van der Waals surface area contributed by atoms with Gasteiger partial charge in [0.25, 0.3) is 0 Å². The lowest BCUT2D eigenvalue weighted by Gasteiger charge is -2.16. The van der Waals surface area contributed by atoms with Gasteiger partial charge in [-0.1, -0.05) is 5.22 Å². The van der Waals surface area contributed by atoms with Gasteiger partial charge >= 0.3 is 0 Å². The van der Waals surface area contributed by atoms with E-state index in [0.29, 0.717) is 0 Å². The molecule has 0 bridgehead atoms. The molecular formula is CH5N4O2-. The van der Waals surface area contributed by atoms with E-state index >= 15 is 0 Å². The summed E-state index contributed by atoms with van der Waals surface area (Å²) in [6.07, 6.45) is 0. The molecule has 0 fully saturated rings.